The summed E-state index contributed by atoms with van der Waals surface area (Å²) in [6.45, 7) is 6.23. The maximum absolute atomic E-state index is 13.8. The minimum absolute atomic E-state index is 0.0458. The van der Waals surface area contributed by atoms with Crippen molar-refractivity contribution in [3.63, 3.8) is 0 Å². The van der Waals surface area contributed by atoms with Crippen LogP contribution in [-0.4, -0.2) is 49.8 Å². The third kappa shape index (κ3) is 2.65. The summed E-state index contributed by atoms with van der Waals surface area (Å²) in [5.41, 5.74) is 5.60. The van der Waals surface area contributed by atoms with Crippen LogP contribution in [0.15, 0.2) is 23.1 Å². The lowest BCUT2D eigenvalue weighted by atomic mass is 10.2. The zero-order chi connectivity index (χ0) is 14.9. The normalized spacial score (nSPS) is 22.1. The Morgan fingerprint density at radius 3 is 2.65 bits per heavy atom. The summed E-state index contributed by atoms with van der Waals surface area (Å²) in [7, 11) is -3.88. The van der Waals surface area contributed by atoms with Crippen molar-refractivity contribution in [2.75, 3.05) is 31.9 Å². The van der Waals surface area contributed by atoms with Gasteiger partial charge in [-0.25, -0.2) is 12.8 Å². The van der Waals surface area contributed by atoms with E-state index in [1.807, 2.05) is 13.8 Å². The van der Waals surface area contributed by atoms with E-state index >= 15 is 0 Å². The second-order valence-electron chi connectivity index (χ2n) is 5.00. The highest BCUT2D eigenvalue weighted by Crippen LogP contribution is 2.27. The van der Waals surface area contributed by atoms with Crippen LogP contribution in [0.4, 0.5) is 10.1 Å². The van der Waals surface area contributed by atoms with Gasteiger partial charge in [0.25, 0.3) is 0 Å². The van der Waals surface area contributed by atoms with Crippen LogP contribution in [0, 0.1) is 5.82 Å². The molecule has 1 aromatic rings. The number of benzene rings is 1. The molecule has 0 amide bonds. The van der Waals surface area contributed by atoms with Crippen molar-refractivity contribution < 1.29 is 12.8 Å². The first kappa shape index (κ1) is 15.2. The highest BCUT2D eigenvalue weighted by atomic mass is 32.2. The number of hydrogen-bond donors (Lipinski definition) is 1. The molecule has 2 N–H and O–H groups in total. The summed E-state index contributed by atoms with van der Waals surface area (Å²) in [5, 5.41) is 0. The minimum atomic E-state index is -3.88. The summed E-state index contributed by atoms with van der Waals surface area (Å²) in [5.74, 6) is -0.796. The van der Waals surface area contributed by atoms with E-state index in [4.69, 9.17) is 5.73 Å². The van der Waals surface area contributed by atoms with E-state index in [1.165, 1.54) is 16.4 Å². The van der Waals surface area contributed by atoms with Crippen molar-refractivity contribution in [2.24, 2.45) is 0 Å². The van der Waals surface area contributed by atoms with Crippen LogP contribution in [0.25, 0.3) is 0 Å². The Bertz CT molecular complexity index is 571. The smallest absolute Gasteiger partial charge is 0.248 e. The Morgan fingerprint density at radius 1 is 1.40 bits per heavy atom. The molecule has 7 heteroatoms. The SMILES string of the molecule is CCN1CCN(S(=O)(=O)c2c(N)cccc2F)CC1C. The zero-order valence-electron chi connectivity index (χ0n) is 11.7. The van der Waals surface area contributed by atoms with E-state index in [9.17, 15) is 12.8 Å². The van der Waals surface area contributed by atoms with Crippen LogP contribution in [0.1, 0.15) is 13.8 Å². The number of nitrogens with two attached hydrogens (primary N) is 1. The molecule has 1 aromatic carbocycles. The van der Waals surface area contributed by atoms with E-state index in [0.29, 0.717) is 19.6 Å². The number of nitrogen functional groups attached to an aromatic ring is 1. The topological polar surface area (TPSA) is 66.6 Å². The van der Waals surface area contributed by atoms with E-state index in [1.54, 1.807) is 0 Å². The van der Waals surface area contributed by atoms with Gasteiger partial charge in [-0.3, -0.25) is 4.90 Å². The Hall–Kier alpha value is -1.18. The third-order valence-corrected chi connectivity index (χ3v) is 5.69. The van der Waals surface area contributed by atoms with Gasteiger partial charge in [-0.05, 0) is 25.6 Å². The predicted molar refractivity (Wildman–Crippen MR) is 76.3 cm³/mol. The molecule has 0 saturated carbocycles. The molecule has 0 spiro atoms. The first-order valence-corrected chi connectivity index (χ1v) is 8.10. The highest BCUT2D eigenvalue weighted by Gasteiger charge is 2.34. The number of rotatable bonds is 3. The first-order valence-electron chi connectivity index (χ1n) is 6.66. The average molecular weight is 301 g/mol. The zero-order valence-corrected chi connectivity index (χ0v) is 12.5. The molecule has 0 aromatic heterocycles. The van der Waals surface area contributed by atoms with Gasteiger partial charge in [0.15, 0.2) is 0 Å². The number of anilines is 1. The first-order chi connectivity index (χ1) is 9.37. The van der Waals surface area contributed by atoms with Gasteiger partial charge in [0.1, 0.15) is 10.7 Å². The van der Waals surface area contributed by atoms with Crippen LogP contribution >= 0.6 is 0 Å². The molecule has 20 heavy (non-hydrogen) atoms. The van der Waals surface area contributed by atoms with Crippen LogP contribution in [0.5, 0.6) is 0 Å². The van der Waals surface area contributed by atoms with Crippen LogP contribution in [-0.2, 0) is 10.0 Å². The van der Waals surface area contributed by atoms with Crippen LogP contribution in [0.2, 0.25) is 0 Å². The lowest BCUT2D eigenvalue weighted by Crippen LogP contribution is -2.53. The van der Waals surface area contributed by atoms with Crippen molar-refractivity contribution in [3.8, 4) is 0 Å². The van der Waals surface area contributed by atoms with Gasteiger partial charge in [0.2, 0.25) is 10.0 Å². The van der Waals surface area contributed by atoms with Crippen molar-refractivity contribution in [2.45, 2.75) is 24.8 Å². The molecule has 0 aliphatic carbocycles. The van der Waals surface area contributed by atoms with Gasteiger partial charge in [-0.15, -0.1) is 0 Å². The highest BCUT2D eigenvalue weighted by molar-refractivity contribution is 7.89. The lowest BCUT2D eigenvalue weighted by molar-refractivity contribution is 0.135. The van der Waals surface area contributed by atoms with Crippen molar-refractivity contribution >= 4 is 15.7 Å². The summed E-state index contributed by atoms with van der Waals surface area (Å²) in [6.07, 6.45) is 0. The molecular weight excluding hydrogens is 281 g/mol. The predicted octanol–water partition coefficient (Wildman–Crippen LogP) is 1.12. The molecule has 1 aliphatic heterocycles. The molecule has 112 valence electrons. The summed E-state index contributed by atoms with van der Waals surface area (Å²) in [4.78, 5) is 1.79. The molecule has 5 nitrogen and oxygen atoms in total. The van der Waals surface area contributed by atoms with Gasteiger partial charge in [-0.1, -0.05) is 13.0 Å². The van der Waals surface area contributed by atoms with Crippen LogP contribution < -0.4 is 5.73 Å². The fourth-order valence-corrected chi connectivity index (χ4v) is 4.25. The van der Waals surface area contributed by atoms with E-state index in [-0.39, 0.29) is 11.7 Å². The third-order valence-electron chi connectivity index (χ3n) is 3.73. The van der Waals surface area contributed by atoms with E-state index < -0.39 is 20.7 Å². The number of likely N-dealkylation sites (N-methyl/N-ethyl adjacent to an activating group) is 1. The van der Waals surface area contributed by atoms with Gasteiger partial charge >= 0.3 is 0 Å². The average Bonchev–Trinajstić information content (AvgIpc) is 2.38. The standard InChI is InChI=1S/C13H20FN3O2S/c1-3-16-7-8-17(9-10(16)2)20(18,19)13-11(14)5-4-6-12(13)15/h4-6,10H,3,7-9,15H2,1-2H3. The molecular formula is C13H20FN3O2S. The maximum Gasteiger partial charge on any atom is 0.248 e. The Kier molecular flexibility index (Phi) is 4.31. The molecule has 1 saturated heterocycles. The van der Waals surface area contributed by atoms with Crippen molar-refractivity contribution in [1.29, 1.82) is 0 Å². The monoisotopic (exact) mass is 301 g/mol. The Morgan fingerprint density at radius 2 is 2.10 bits per heavy atom. The summed E-state index contributed by atoms with van der Waals surface area (Å²) in [6, 6.07) is 4.04. The maximum atomic E-state index is 13.8. The molecule has 0 bridgehead atoms. The minimum Gasteiger partial charge on any atom is -0.398 e. The van der Waals surface area contributed by atoms with Crippen molar-refractivity contribution in [3.05, 3.63) is 24.0 Å². The summed E-state index contributed by atoms with van der Waals surface area (Å²) >= 11 is 0. The number of hydrogen-bond acceptors (Lipinski definition) is 4. The number of sulfonamides is 1. The summed E-state index contributed by atoms with van der Waals surface area (Å²) < 4.78 is 40.3. The van der Waals surface area contributed by atoms with Crippen LogP contribution in [0.3, 0.4) is 0 Å². The van der Waals surface area contributed by atoms with E-state index in [2.05, 4.69) is 4.90 Å². The molecule has 1 fully saturated rings. The quantitative estimate of drug-likeness (QED) is 0.850. The van der Waals surface area contributed by atoms with Gasteiger partial charge in [-0.2, -0.15) is 4.31 Å². The van der Waals surface area contributed by atoms with Gasteiger partial charge in [0.05, 0.1) is 5.69 Å². The number of nitrogens with zero attached hydrogens (tertiary/aromatic N) is 2. The van der Waals surface area contributed by atoms with Gasteiger partial charge < -0.3 is 5.73 Å². The lowest BCUT2D eigenvalue weighted by Gasteiger charge is -2.38. The second-order valence-corrected chi connectivity index (χ2v) is 6.87. The van der Waals surface area contributed by atoms with Crippen molar-refractivity contribution in [1.82, 2.24) is 9.21 Å². The Balaban J connectivity index is 2.33. The number of piperazine rings is 1. The second kappa shape index (κ2) is 5.67. The fraction of sp³-hybridized carbons (Fsp3) is 0.538. The van der Waals surface area contributed by atoms with E-state index in [0.717, 1.165) is 12.6 Å². The Labute approximate surface area is 119 Å². The molecule has 1 unspecified atom stereocenters. The largest absolute Gasteiger partial charge is 0.398 e. The van der Waals surface area contributed by atoms with Gasteiger partial charge in [0, 0.05) is 25.7 Å². The molecule has 2 rings (SSSR count). The number of halogens is 1. The fourth-order valence-electron chi connectivity index (χ4n) is 2.58. The molecule has 1 heterocycles. The molecule has 1 atom stereocenters. The molecule has 0 radical (unpaired) electrons. The molecule has 1 aliphatic rings.